The summed E-state index contributed by atoms with van der Waals surface area (Å²) in [5.41, 5.74) is 1.85. The van der Waals surface area contributed by atoms with E-state index in [1.54, 1.807) is 12.1 Å². The fourth-order valence-electron chi connectivity index (χ4n) is 1.76. The lowest BCUT2D eigenvalue weighted by Gasteiger charge is -2.17. The highest BCUT2D eigenvalue weighted by Crippen LogP contribution is 2.40. The van der Waals surface area contributed by atoms with Crippen LogP contribution in [-0.2, 0) is 6.42 Å². The molecular weight excluding hydrogens is 265 g/mol. The molecule has 0 amide bonds. The van der Waals surface area contributed by atoms with Crippen molar-refractivity contribution in [1.82, 2.24) is 0 Å². The van der Waals surface area contributed by atoms with E-state index in [1.807, 2.05) is 11.5 Å². The van der Waals surface area contributed by atoms with Gasteiger partial charge in [-0.15, -0.1) is 0 Å². The standard InChI is InChI=1S/C11H7ClFNS2/c12-7-4-9-8(11(5-7)16-13)2-1-3-10(9)15-6-14/h3-5H,1-2H2. The molecule has 2 rings (SSSR count). The molecule has 0 aromatic heterocycles. The minimum absolute atomic E-state index is 0.214. The summed E-state index contributed by atoms with van der Waals surface area (Å²) in [6, 6.07) is 3.43. The van der Waals surface area contributed by atoms with E-state index in [4.69, 9.17) is 16.9 Å². The smallest absolute Gasteiger partial charge is 0.138 e. The largest absolute Gasteiger partial charge is 0.185 e. The van der Waals surface area contributed by atoms with Crippen LogP contribution in [0.3, 0.4) is 0 Å². The average molecular weight is 272 g/mol. The Hall–Kier alpha value is -0.630. The summed E-state index contributed by atoms with van der Waals surface area (Å²) in [6.45, 7) is 0. The molecule has 0 aliphatic heterocycles. The number of halogens is 2. The molecular formula is C11H7ClFNS2. The fraction of sp³-hybridized carbons (Fsp3) is 0.182. The van der Waals surface area contributed by atoms with Crippen molar-refractivity contribution in [3.63, 3.8) is 0 Å². The minimum Gasteiger partial charge on any atom is -0.185 e. The maximum Gasteiger partial charge on any atom is 0.138 e. The van der Waals surface area contributed by atoms with Gasteiger partial charge in [0.25, 0.3) is 0 Å². The molecule has 0 spiro atoms. The zero-order valence-electron chi connectivity index (χ0n) is 8.17. The first-order valence-electron chi connectivity index (χ1n) is 4.63. The van der Waals surface area contributed by atoms with Crippen molar-refractivity contribution in [3.8, 4) is 5.40 Å². The molecule has 0 heterocycles. The molecule has 1 aliphatic rings. The highest BCUT2D eigenvalue weighted by molar-refractivity contribution is 8.12. The number of nitrogens with zero attached hydrogens (tertiary/aromatic N) is 1. The summed E-state index contributed by atoms with van der Waals surface area (Å²) in [6.07, 6.45) is 3.64. The highest BCUT2D eigenvalue weighted by atomic mass is 35.5. The second kappa shape index (κ2) is 5.13. The van der Waals surface area contributed by atoms with Gasteiger partial charge in [-0.25, -0.2) is 0 Å². The molecule has 1 aliphatic carbocycles. The van der Waals surface area contributed by atoms with Crippen LogP contribution in [0.25, 0.3) is 4.91 Å². The zero-order chi connectivity index (χ0) is 11.5. The normalized spacial score (nSPS) is 13.9. The van der Waals surface area contributed by atoms with Gasteiger partial charge < -0.3 is 0 Å². The molecule has 5 heteroatoms. The summed E-state index contributed by atoms with van der Waals surface area (Å²) >= 11 is 7.24. The van der Waals surface area contributed by atoms with E-state index in [2.05, 4.69) is 0 Å². The number of benzene rings is 1. The van der Waals surface area contributed by atoms with Crippen molar-refractivity contribution in [3.05, 3.63) is 34.4 Å². The lowest BCUT2D eigenvalue weighted by molar-refractivity contribution is 0.909. The summed E-state index contributed by atoms with van der Waals surface area (Å²) in [5.74, 6) is 0. The summed E-state index contributed by atoms with van der Waals surface area (Å²) in [7, 11) is 0. The Morgan fingerprint density at radius 3 is 2.94 bits per heavy atom. The zero-order valence-corrected chi connectivity index (χ0v) is 10.6. The Morgan fingerprint density at radius 2 is 2.25 bits per heavy atom. The molecule has 82 valence electrons. The molecule has 16 heavy (non-hydrogen) atoms. The SMILES string of the molecule is N#CSC1=CCCc2c(SF)cc(Cl)cc21. The van der Waals surface area contributed by atoms with Gasteiger partial charge in [0.2, 0.25) is 0 Å². The van der Waals surface area contributed by atoms with E-state index in [0.29, 0.717) is 9.92 Å². The van der Waals surface area contributed by atoms with Gasteiger partial charge in [-0.1, -0.05) is 17.7 Å². The van der Waals surface area contributed by atoms with Gasteiger partial charge in [-0.3, -0.25) is 0 Å². The first-order valence-corrected chi connectivity index (χ1v) is 6.55. The first kappa shape index (κ1) is 11.8. The van der Waals surface area contributed by atoms with E-state index in [1.165, 1.54) is 0 Å². The van der Waals surface area contributed by atoms with Crippen molar-refractivity contribution in [1.29, 1.82) is 5.26 Å². The molecule has 0 radical (unpaired) electrons. The van der Waals surface area contributed by atoms with Crippen molar-refractivity contribution in [2.75, 3.05) is 0 Å². The molecule has 0 fully saturated rings. The monoisotopic (exact) mass is 271 g/mol. The van der Waals surface area contributed by atoms with Crippen molar-refractivity contribution < 1.29 is 3.89 Å². The van der Waals surface area contributed by atoms with Gasteiger partial charge in [0, 0.05) is 14.8 Å². The van der Waals surface area contributed by atoms with Crippen LogP contribution >= 0.6 is 35.5 Å². The van der Waals surface area contributed by atoms with E-state index >= 15 is 0 Å². The van der Waals surface area contributed by atoms with Gasteiger partial charge in [-0.05, 0) is 47.9 Å². The molecule has 0 saturated carbocycles. The Balaban J connectivity index is 2.55. The fourth-order valence-corrected chi connectivity index (χ4v) is 3.11. The van der Waals surface area contributed by atoms with Crippen LogP contribution in [0.2, 0.25) is 5.02 Å². The summed E-state index contributed by atoms with van der Waals surface area (Å²) in [4.78, 5) is 1.44. The number of hydrogen-bond acceptors (Lipinski definition) is 3. The third-order valence-electron chi connectivity index (χ3n) is 2.40. The summed E-state index contributed by atoms with van der Waals surface area (Å²) < 4.78 is 12.8. The van der Waals surface area contributed by atoms with Crippen LogP contribution in [0.4, 0.5) is 3.89 Å². The topological polar surface area (TPSA) is 23.8 Å². The molecule has 1 aromatic carbocycles. The quantitative estimate of drug-likeness (QED) is 0.721. The average Bonchev–Trinajstić information content (AvgIpc) is 2.29. The van der Waals surface area contributed by atoms with E-state index < -0.39 is 0 Å². The predicted molar refractivity (Wildman–Crippen MR) is 67.9 cm³/mol. The van der Waals surface area contributed by atoms with E-state index in [0.717, 1.165) is 40.6 Å². The maximum absolute atomic E-state index is 12.8. The number of thiocyanates is 1. The van der Waals surface area contributed by atoms with Gasteiger partial charge in [0.1, 0.15) is 5.40 Å². The van der Waals surface area contributed by atoms with Gasteiger partial charge in [0.05, 0.1) is 12.1 Å². The number of fused-ring (bicyclic) bond motifs is 1. The highest BCUT2D eigenvalue weighted by Gasteiger charge is 2.18. The molecule has 0 N–H and O–H groups in total. The Labute approximate surface area is 107 Å². The van der Waals surface area contributed by atoms with E-state index in [-0.39, 0.29) is 12.1 Å². The van der Waals surface area contributed by atoms with Gasteiger partial charge in [0.15, 0.2) is 0 Å². The lowest BCUT2D eigenvalue weighted by atomic mass is 9.97. The molecule has 1 nitrogen and oxygen atoms in total. The molecule has 0 saturated heterocycles. The van der Waals surface area contributed by atoms with Gasteiger partial charge >= 0.3 is 0 Å². The van der Waals surface area contributed by atoms with Crippen molar-refractivity contribution in [2.45, 2.75) is 17.7 Å². The number of nitriles is 1. The number of thioether (sulfide) groups is 1. The van der Waals surface area contributed by atoms with Crippen LogP contribution in [-0.4, -0.2) is 0 Å². The third-order valence-corrected chi connectivity index (χ3v) is 3.85. The van der Waals surface area contributed by atoms with Crippen LogP contribution in [0.1, 0.15) is 17.5 Å². The first-order chi connectivity index (χ1) is 7.76. The van der Waals surface area contributed by atoms with Crippen molar-refractivity contribution >= 4 is 40.4 Å². The number of allylic oxidation sites excluding steroid dienone is 1. The van der Waals surface area contributed by atoms with Crippen LogP contribution < -0.4 is 0 Å². The van der Waals surface area contributed by atoms with Gasteiger partial charge in [-0.2, -0.15) is 9.15 Å². The Kier molecular flexibility index (Phi) is 3.80. The second-order valence-corrected chi connectivity index (χ2v) is 5.16. The van der Waals surface area contributed by atoms with E-state index in [9.17, 15) is 3.89 Å². The Bertz CT molecular complexity index is 493. The maximum atomic E-state index is 12.8. The molecule has 0 atom stereocenters. The molecule has 0 unspecified atom stereocenters. The summed E-state index contributed by atoms with van der Waals surface area (Å²) in [5, 5.41) is 11.2. The second-order valence-electron chi connectivity index (χ2n) is 3.31. The van der Waals surface area contributed by atoms with Crippen molar-refractivity contribution in [2.24, 2.45) is 0 Å². The molecule has 1 aromatic rings. The minimum atomic E-state index is 0.214. The van der Waals surface area contributed by atoms with Crippen LogP contribution in [0, 0.1) is 10.7 Å². The third kappa shape index (κ3) is 2.22. The predicted octanol–water partition coefficient (Wildman–Crippen LogP) is 4.82. The molecule has 0 bridgehead atoms. The Morgan fingerprint density at radius 1 is 1.44 bits per heavy atom. The number of rotatable bonds is 2. The van der Waals surface area contributed by atoms with Crippen LogP contribution in [0.5, 0.6) is 0 Å². The lowest BCUT2D eigenvalue weighted by Crippen LogP contribution is -1.99. The van der Waals surface area contributed by atoms with Crippen LogP contribution in [0.15, 0.2) is 23.1 Å². The number of hydrogen-bond donors (Lipinski definition) is 0.